The zero-order valence-electron chi connectivity index (χ0n) is 14.9. The maximum Gasteiger partial charge on any atom is 0.407 e. The molecule has 0 aromatic carbocycles. The summed E-state index contributed by atoms with van der Waals surface area (Å²) in [6.45, 7) is 8.42. The molecule has 130 valence electrons. The van der Waals surface area contributed by atoms with E-state index in [2.05, 4.69) is 17.6 Å². The molecule has 0 radical (unpaired) electrons. The molecule has 0 saturated heterocycles. The Balaban J connectivity index is 2.34. The number of methoxy groups -OCH3 is 1. The van der Waals surface area contributed by atoms with Crippen LogP contribution in [-0.4, -0.2) is 43.5 Å². The van der Waals surface area contributed by atoms with Crippen molar-refractivity contribution in [2.75, 3.05) is 13.7 Å². The number of amides is 1. The Morgan fingerprint density at radius 3 is 2.36 bits per heavy atom. The van der Waals surface area contributed by atoms with E-state index in [0.29, 0.717) is 24.7 Å². The first kappa shape index (κ1) is 19.2. The quantitative estimate of drug-likeness (QED) is 0.757. The van der Waals surface area contributed by atoms with Gasteiger partial charge >= 0.3 is 6.09 Å². The van der Waals surface area contributed by atoms with Crippen LogP contribution in [0.2, 0.25) is 0 Å². The summed E-state index contributed by atoms with van der Waals surface area (Å²) in [5, 5.41) is 6.58. The molecule has 0 aliphatic heterocycles. The molecular formula is C17H34N2O3. The number of nitrogens with one attached hydrogen (secondary N) is 2. The van der Waals surface area contributed by atoms with Crippen LogP contribution in [0.5, 0.6) is 0 Å². The summed E-state index contributed by atoms with van der Waals surface area (Å²) < 4.78 is 10.7. The molecule has 0 spiro atoms. The molecule has 1 saturated carbocycles. The number of alkyl carbamates (subject to hydrolysis) is 1. The molecular weight excluding hydrogens is 280 g/mol. The molecule has 0 aromatic heterocycles. The summed E-state index contributed by atoms with van der Waals surface area (Å²) >= 11 is 0. The lowest BCUT2D eigenvalue weighted by atomic mass is 9.92. The molecule has 22 heavy (non-hydrogen) atoms. The normalized spacial score (nSPS) is 23.9. The van der Waals surface area contributed by atoms with Gasteiger partial charge in [0.15, 0.2) is 0 Å². The fourth-order valence-electron chi connectivity index (χ4n) is 2.91. The van der Waals surface area contributed by atoms with Crippen LogP contribution >= 0.6 is 0 Å². The van der Waals surface area contributed by atoms with Crippen molar-refractivity contribution in [3.05, 3.63) is 0 Å². The highest BCUT2D eigenvalue weighted by Gasteiger charge is 2.23. The Kier molecular flexibility index (Phi) is 8.18. The van der Waals surface area contributed by atoms with E-state index in [1.807, 2.05) is 20.8 Å². The lowest BCUT2D eigenvalue weighted by Gasteiger charge is -2.32. The van der Waals surface area contributed by atoms with E-state index in [9.17, 15) is 4.79 Å². The lowest BCUT2D eigenvalue weighted by Crippen LogP contribution is -2.47. The van der Waals surface area contributed by atoms with Crippen LogP contribution in [0.3, 0.4) is 0 Å². The smallest absolute Gasteiger partial charge is 0.407 e. The number of ether oxygens (including phenoxy) is 2. The van der Waals surface area contributed by atoms with Gasteiger partial charge in [-0.3, -0.25) is 0 Å². The SMILES string of the molecule is CCCC(CNC(=O)OC(C)(C)C)NC1CCC(OC)CC1. The van der Waals surface area contributed by atoms with Crippen molar-refractivity contribution in [2.45, 2.75) is 90.0 Å². The van der Waals surface area contributed by atoms with E-state index >= 15 is 0 Å². The zero-order chi connectivity index (χ0) is 16.6. The molecule has 5 heteroatoms. The summed E-state index contributed by atoms with van der Waals surface area (Å²) in [6, 6.07) is 0.838. The summed E-state index contributed by atoms with van der Waals surface area (Å²) in [7, 11) is 1.79. The third-order valence-corrected chi connectivity index (χ3v) is 4.01. The Labute approximate surface area is 135 Å². The summed E-state index contributed by atoms with van der Waals surface area (Å²) in [4.78, 5) is 11.8. The highest BCUT2D eigenvalue weighted by molar-refractivity contribution is 5.67. The van der Waals surface area contributed by atoms with Gasteiger partial charge in [-0.1, -0.05) is 13.3 Å². The molecule has 2 N–H and O–H groups in total. The summed E-state index contributed by atoms with van der Waals surface area (Å²) in [6.07, 6.45) is 6.76. The maximum atomic E-state index is 11.8. The van der Waals surface area contributed by atoms with Crippen LogP contribution in [0.1, 0.15) is 66.2 Å². The van der Waals surface area contributed by atoms with E-state index in [4.69, 9.17) is 9.47 Å². The highest BCUT2D eigenvalue weighted by Crippen LogP contribution is 2.21. The van der Waals surface area contributed by atoms with Gasteiger partial charge in [0.2, 0.25) is 0 Å². The van der Waals surface area contributed by atoms with Crippen LogP contribution in [-0.2, 0) is 9.47 Å². The first-order valence-electron chi connectivity index (χ1n) is 8.59. The number of hydrogen-bond donors (Lipinski definition) is 2. The highest BCUT2D eigenvalue weighted by atomic mass is 16.6. The van der Waals surface area contributed by atoms with Gasteiger partial charge in [-0.15, -0.1) is 0 Å². The van der Waals surface area contributed by atoms with Crippen molar-refractivity contribution in [1.82, 2.24) is 10.6 Å². The standard InChI is InChI=1S/C17H34N2O3/c1-6-7-14(12-18-16(20)22-17(2,3)4)19-13-8-10-15(21-5)11-9-13/h13-15,19H,6-12H2,1-5H3,(H,18,20). The minimum absolute atomic E-state index is 0.307. The number of hydrogen-bond acceptors (Lipinski definition) is 4. The fourth-order valence-corrected chi connectivity index (χ4v) is 2.91. The molecule has 1 rings (SSSR count). The fraction of sp³-hybridized carbons (Fsp3) is 0.941. The molecule has 1 aliphatic rings. The largest absolute Gasteiger partial charge is 0.444 e. The minimum Gasteiger partial charge on any atom is -0.444 e. The van der Waals surface area contributed by atoms with Gasteiger partial charge in [-0.05, 0) is 52.9 Å². The Morgan fingerprint density at radius 1 is 1.23 bits per heavy atom. The molecule has 0 aromatic rings. The third-order valence-electron chi connectivity index (χ3n) is 4.01. The second kappa shape index (κ2) is 9.36. The average molecular weight is 314 g/mol. The average Bonchev–Trinajstić information content (AvgIpc) is 2.44. The van der Waals surface area contributed by atoms with Crippen LogP contribution in [0.4, 0.5) is 4.79 Å². The van der Waals surface area contributed by atoms with E-state index in [-0.39, 0.29) is 6.09 Å². The predicted octanol–water partition coefficient (Wildman–Crippen LogP) is 3.23. The molecule has 0 bridgehead atoms. The monoisotopic (exact) mass is 314 g/mol. The molecule has 0 heterocycles. The summed E-state index contributed by atoms with van der Waals surface area (Å²) in [5.41, 5.74) is -0.448. The first-order valence-corrected chi connectivity index (χ1v) is 8.59. The van der Waals surface area contributed by atoms with Gasteiger partial charge in [0.1, 0.15) is 5.60 Å². The van der Waals surface area contributed by atoms with Gasteiger partial charge in [-0.2, -0.15) is 0 Å². The van der Waals surface area contributed by atoms with Crippen molar-refractivity contribution in [2.24, 2.45) is 0 Å². The summed E-state index contributed by atoms with van der Waals surface area (Å²) in [5.74, 6) is 0. The number of rotatable bonds is 7. The van der Waals surface area contributed by atoms with Gasteiger partial charge in [-0.25, -0.2) is 4.79 Å². The van der Waals surface area contributed by atoms with Crippen LogP contribution in [0.15, 0.2) is 0 Å². The van der Waals surface area contributed by atoms with Crippen molar-refractivity contribution in [1.29, 1.82) is 0 Å². The molecule has 1 fully saturated rings. The van der Waals surface area contributed by atoms with E-state index < -0.39 is 5.60 Å². The Bertz CT molecular complexity index is 320. The maximum absolute atomic E-state index is 11.8. The van der Waals surface area contributed by atoms with E-state index in [1.54, 1.807) is 7.11 Å². The van der Waals surface area contributed by atoms with Crippen molar-refractivity contribution < 1.29 is 14.3 Å². The molecule has 1 aliphatic carbocycles. The second-order valence-corrected chi connectivity index (χ2v) is 7.24. The van der Waals surface area contributed by atoms with Gasteiger partial charge < -0.3 is 20.1 Å². The number of carbonyl (C=O) groups is 1. The Morgan fingerprint density at radius 2 is 1.86 bits per heavy atom. The van der Waals surface area contributed by atoms with Crippen LogP contribution in [0, 0.1) is 0 Å². The minimum atomic E-state index is -0.448. The van der Waals surface area contributed by atoms with Crippen LogP contribution < -0.4 is 10.6 Å². The van der Waals surface area contributed by atoms with Gasteiger partial charge in [0, 0.05) is 25.7 Å². The van der Waals surface area contributed by atoms with Crippen molar-refractivity contribution in [3.63, 3.8) is 0 Å². The molecule has 5 nitrogen and oxygen atoms in total. The number of carbonyl (C=O) groups excluding carboxylic acids is 1. The predicted molar refractivity (Wildman–Crippen MR) is 89.1 cm³/mol. The molecule has 1 amide bonds. The second-order valence-electron chi connectivity index (χ2n) is 7.24. The van der Waals surface area contributed by atoms with Crippen LogP contribution in [0.25, 0.3) is 0 Å². The molecule has 1 unspecified atom stereocenters. The van der Waals surface area contributed by atoms with Crippen molar-refractivity contribution in [3.8, 4) is 0 Å². The topological polar surface area (TPSA) is 59.6 Å². The third kappa shape index (κ3) is 7.99. The van der Waals surface area contributed by atoms with E-state index in [0.717, 1.165) is 38.5 Å². The Hall–Kier alpha value is -0.810. The van der Waals surface area contributed by atoms with E-state index in [1.165, 1.54) is 0 Å². The van der Waals surface area contributed by atoms with Gasteiger partial charge in [0.25, 0.3) is 0 Å². The zero-order valence-corrected chi connectivity index (χ0v) is 14.9. The lowest BCUT2D eigenvalue weighted by molar-refractivity contribution is 0.0512. The first-order chi connectivity index (χ1) is 10.3. The van der Waals surface area contributed by atoms with Gasteiger partial charge in [0.05, 0.1) is 6.10 Å². The molecule has 1 atom stereocenters. The van der Waals surface area contributed by atoms with Crippen molar-refractivity contribution >= 4 is 6.09 Å².